The molecule has 1 rings (SSSR count). The number of nitrogens with two attached hydrogens (primary N) is 1. The standard InChI is InChI=1S/C8H11NO/c1-3-7(9)8-6(2)4-5-10-8/h3-5,7H,1,9H2,2H3. The number of rotatable bonds is 2. The lowest BCUT2D eigenvalue weighted by atomic mass is 10.2. The topological polar surface area (TPSA) is 39.2 Å². The number of aryl methyl sites for hydroxylation is 1. The molecule has 0 aromatic carbocycles. The van der Waals surface area contributed by atoms with Crippen LogP contribution in [0.1, 0.15) is 17.4 Å². The molecule has 2 heteroatoms. The highest BCUT2D eigenvalue weighted by molar-refractivity contribution is 5.20. The van der Waals surface area contributed by atoms with Crippen molar-refractivity contribution < 1.29 is 4.42 Å². The second-order valence-corrected chi connectivity index (χ2v) is 2.23. The van der Waals surface area contributed by atoms with Crippen LogP contribution in [0.3, 0.4) is 0 Å². The Morgan fingerprint density at radius 1 is 1.80 bits per heavy atom. The molecule has 54 valence electrons. The SMILES string of the molecule is C=CC(N)c1occc1C. The van der Waals surface area contributed by atoms with E-state index in [0.29, 0.717) is 0 Å². The molecule has 0 saturated heterocycles. The number of furan rings is 1. The van der Waals surface area contributed by atoms with E-state index in [1.807, 2.05) is 13.0 Å². The fourth-order valence-corrected chi connectivity index (χ4v) is 0.833. The molecular formula is C8H11NO. The van der Waals surface area contributed by atoms with Crippen molar-refractivity contribution in [3.05, 3.63) is 36.3 Å². The lowest BCUT2D eigenvalue weighted by Crippen LogP contribution is -2.06. The molecule has 0 radical (unpaired) electrons. The molecule has 1 aromatic heterocycles. The van der Waals surface area contributed by atoms with Crippen molar-refractivity contribution in [2.75, 3.05) is 0 Å². The van der Waals surface area contributed by atoms with Crippen molar-refractivity contribution in [2.45, 2.75) is 13.0 Å². The molecule has 0 aliphatic rings. The van der Waals surface area contributed by atoms with Crippen LogP contribution < -0.4 is 5.73 Å². The van der Waals surface area contributed by atoms with Crippen LogP contribution in [0.5, 0.6) is 0 Å². The maximum absolute atomic E-state index is 5.63. The maximum atomic E-state index is 5.63. The van der Waals surface area contributed by atoms with E-state index in [9.17, 15) is 0 Å². The van der Waals surface area contributed by atoms with Crippen LogP contribution in [-0.4, -0.2) is 0 Å². The maximum Gasteiger partial charge on any atom is 0.127 e. The van der Waals surface area contributed by atoms with E-state index < -0.39 is 0 Å². The van der Waals surface area contributed by atoms with Crippen LogP contribution in [0.4, 0.5) is 0 Å². The predicted octanol–water partition coefficient (Wildman–Crippen LogP) is 1.77. The van der Waals surface area contributed by atoms with E-state index in [1.54, 1.807) is 12.3 Å². The first kappa shape index (κ1) is 7.09. The minimum Gasteiger partial charge on any atom is -0.467 e. The van der Waals surface area contributed by atoms with E-state index in [1.165, 1.54) is 0 Å². The molecule has 0 aliphatic heterocycles. The van der Waals surface area contributed by atoms with E-state index in [2.05, 4.69) is 6.58 Å². The fraction of sp³-hybridized carbons (Fsp3) is 0.250. The minimum absolute atomic E-state index is 0.171. The Morgan fingerprint density at radius 2 is 2.50 bits per heavy atom. The first-order chi connectivity index (χ1) is 4.75. The van der Waals surface area contributed by atoms with Gasteiger partial charge in [0.05, 0.1) is 12.3 Å². The van der Waals surface area contributed by atoms with Gasteiger partial charge >= 0.3 is 0 Å². The summed E-state index contributed by atoms with van der Waals surface area (Å²) in [6, 6.07) is 1.72. The van der Waals surface area contributed by atoms with Crippen molar-refractivity contribution in [1.82, 2.24) is 0 Å². The Balaban J connectivity index is 2.92. The molecule has 1 aromatic rings. The van der Waals surface area contributed by atoms with Crippen LogP contribution >= 0.6 is 0 Å². The summed E-state index contributed by atoms with van der Waals surface area (Å²) in [5, 5.41) is 0. The van der Waals surface area contributed by atoms with Crippen molar-refractivity contribution >= 4 is 0 Å². The molecule has 1 heterocycles. The predicted molar refractivity (Wildman–Crippen MR) is 40.6 cm³/mol. The first-order valence-electron chi connectivity index (χ1n) is 3.18. The van der Waals surface area contributed by atoms with Gasteiger partial charge in [-0.25, -0.2) is 0 Å². The van der Waals surface area contributed by atoms with Crippen molar-refractivity contribution in [3.8, 4) is 0 Å². The van der Waals surface area contributed by atoms with E-state index in [-0.39, 0.29) is 6.04 Å². The summed E-state index contributed by atoms with van der Waals surface area (Å²) in [6.45, 7) is 5.53. The molecule has 0 aliphatic carbocycles. The van der Waals surface area contributed by atoms with Crippen molar-refractivity contribution in [2.24, 2.45) is 5.73 Å². The van der Waals surface area contributed by atoms with Gasteiger partial charge in [-0.3, -0.25) is 0 Å². The van der Waals surface area contributed by atoms with E-state index in [0.717, 1.165) is 11.3 Å². The Kier molecular flexibility index (Phi) is 1.92. The van der Waals surface area contributed by atoms with Crippen LogP contribution in [0.2, 0.25) is 0 Å². The third kappa shape index (κ3) is 1.11. The normalized spacial score (nSPS) is 13.0. The summed E-state index contributed by atoms with van der Waals surface area (Å²) in [5.74, 6) is 0.801. The number of hydrogen-bond acceptors (Lipinski definition) is 2. The Labute approximate surface area is 60.3 Å². The third-order valence-corrected chi connectivity index (χ3v) is 1.46. The van der Waals surface area contributed by atoms with E-state index in [4.69, 9.17) is 10.2 Å². The molecule has 1 unspecified atom stereocenters. The summed E-state index contributed by atoms with van der Waals surface area (Å²) in [4.78, 5) is 0. The van der Waals surface area contributed by atoms with Gasteiger partial charge in [-0.2, -0.15) is 0 Å². The first-order valence-corrected chi connectivity index (χ1v) is 3.18. The average Bonchev–Trinajstić information content (AvgIpc) is 2.34. The quantitative estimate of drug-likeness (QED) is 0.631. The van der Waals surface area contributed by atoms with Gasteiger partial charge in [0.15, 0.2) is 0 Å². The van der Waals surface area contributed by atoms with Crippen LogP contribution in [0.15, 0.2) is 29.4 Å². The van der Waals surface area contributed by atoms with Crippen LogP contribution in [0.25, 0.3) is 0 Å². The fourth-order valence-electron chi connectivity index (χ4n) is 0.833. The molecule has 0 spiro atoms. The zero-order valence-electron chi connectivity index (χ0n) is 6.00. The molecular weight excluding hydrogens is 126 g/mol. The Bertz CT molecular complexity index is 227. The minimum atomic E-state index is -0.171. The summed E-state index contributed by atoms with van der Waals surface area (Å²) < 4.78 is 5.12. The second kappa shape index (κ2) is 2.71. The molecule has 2 nitrogen and oxygen atoms in total. The highest BCUT2D eigenvalue weighted by Gasteiger charge is 2.06. The highest BCUT2D eigenvalue weighted by atomic mass is 16.3. The van der Waals surface area contributed by atoms with Gasteiger partial charge in [-0.15, -0.1) is 6.58 Å². The summed E-state index contributed by atoms with van der Waals surface area (Å²) >= 11 is 0. The molecule has 2 N–H and O–H groups in total. The monoisotopic (exact) mass is 137 g/mol. The summed E-state index contributed by atoms with van der Waals surface area (Å²) in [7, 11) is 0. The Hall–Kier alpha value is -1.02. The smallest absolute Gasteiger partial charge is 0.127 e. The largest absolute Gasteiger partial charge is 0.467 e. The summed E-state index contributed by atoms with van der Waals surface area (Å²) in [5.41, 5.74) is 6.70. The zero-order valence-corrected chi connectivity index (χ0v) is 6.00. The number of hydrogen-bond donors (Lipinski definition) is 1. The van der Waals surface area contributed by atoms with Gasteiger partial charge in [0.1, 0.15) is 5.76 Å². The van der Waals surface area contributed by atoms with Gasteiger partial charge in [0.2, 0.25) is 0 Å². The Morgan fingerprint density at radius 3 is 2.90 bits per heavy atom. The van der Waals surface area contributed by atoms with Gasteiger partial charge in [-0.1, -0.05) is 6.08 Å². The molecule has 10 heavy (non-hydrogen) atoms. The highest BCUT2D eigenvalue weighted by Crippen LogP contribution is 2.16. The zero-order chi connectivity index (χ0) is 7.56. The van der Waals surface area contributed by atoms with Gasteiger partial charge in [-0.05, 0) is 18.6 Å². The van der Waals surface area contributed by atoms with Gasteiger partial charge in [0, 0.05) is 0 Å². The lowest BCUT2D eigenvalue weighted by Gasteiger charge is -2.01. The van der Waals surface area contributed by atoms with Gasteiger partial charge in [0.25, 0.3) is 0 Å². The van der Waals surface area contributed by atoms with Crippen LogP contribution in [-0.2, 0) is 0 Å². The second-order valence-electron chi connectivity index (χ2n) is 2.23. The molecule has 1 atom stereocenters. The third-order valence-electron chi connectivity index (χ3n) is 1.46. The molecule has 0 amide bonds. The van der Waals surface area contributed by atoms with E-state index >= 15 is 0 Å². The van der Waals surface area contributed by atoms with Gasteiger partial charge < -0.3 is 10.2 Å². The molecule has 0 fully saturated rings. The lowest BCUT2D eigenvalue weighted by molar-refractivity contribution is 0.491. The van der Waals surface area contributed by atoms with Crippen molar-refractivity contribution in [1.29, 1.82) is 0 Å². The average molecular weight is 137 g/mol. The molecule has 0 saturated carbocycles. The van der Waals surface area contributed by atoms with Crippen molar-refractivity contribution in [3.63, 3.8) is 0 Å². The summed E-state index contributed by atoms with van der Waals surface area (Å²) in [6.07, 6.45) is 3.29. The molecule has 0 bridgehead atoms. The van der Waals surface area contributed by atoms with Crippen LogP contribution in [0, 0.1) is 6.92 Å².